The molecule has 2 saturated carbocycles. The molecular weight excluding hydrogens is 226 g/mol. The number of thioether (sulfide) groups is 1. The van der Waals surface area contributed by atoms with Crippen LogP contribution in [-0.2, 0) is 6.54 Å². The fourth-order valence-electron chi connectivity index (χ4n) is 2.61. The van der Waals surface area contributed by atoms with E-state index in [4.69, 9.17) is 0 Å². The second kappa shape index (κ2) is 5.03. The first-order chi connectivity index (χ1) is 8.36. The minimum atomic E-state index is 0.815. The zero-order valence-electron chi connectivity index (χ0n) is 10.5. The molecule has 0 spiro atoms. The SMILES string of the molecule is CSc1ccc(CNC(C2CC2)C2CC2)cc1. The van der Waals surface area contributed by atoms with Crippen LogP contribution in [0.3, 0.4) is 0 Å². The Morgan fingerprint density at radius 3 is 2.18 bits per heavy atom. The molecule has 2 aliphatic rings. The van der Waals surface area contributed by atoms with Gasteiger partial charge in [-0.05, 0) is 61.5 Å². The van der Waals surface area contributed by atoms with Gasteiger partial charge < -0.3 is 5.32 Å². The van der Waals surface area contributed by atoms with Crippen LogP contribution in [0.15, 0.2) is 29.2 Å². The van der Waals surface area contributed by atoms with Gasteiger partial charge in [0.2, 0.25) is 0 Å². The average molecular weight is 247 g/mol. The largest absolute Gasteiger partial charge is 0.309 e. The maximum atomic E-state index is 3.79. The minimum absolute atomic E-state index is 0.815. The molecule has 2 aliphatic carbocycles. The third kappa shape index (κ3) is 3.05. The Labute approximate surface area is 108 Å². The first-order valence-electron chi connectivity index (χ1n) is 6.73. The van der Waals surface area contributed by atoms with E-state index in [-0.39, 0.29) is 0 Å². The molecule has 2 heteroatoms. The van der Waals surface area contributed by atoms with Crippen molar-refractivity contribution in [2.75, 3.05) is 6.26 Å². The number of rotatable bonds is 6. The lowest BCUT2D eigenvalue weighted by atomic mass is 10.1. The molecule has 1 aromatic carbocycles. The molecule has 0 heterocycles. The highest BCUT2D eigenvalue weighted by atomic mass is 32.2. The van der Waals surface area contributed by atoms with Crippen LogP contribution in [0.1, 0.15) is 31.2 Å². The molecule has 17 heavy (non-hydrogen) atoms. The van der Waals surface area contributed by atoms with E-state index in [1.165, 1.54) is 36.1 Å². The van der Waals surface area contributed by atoms with Crippen LogP contribution >= 0.6 is 11.8 Å². The van der Waals surface area contributed by atoms with Gasteiger partial charge in [0.05, 0.1) is 0 Å². The summed E-state index contributed by atoms with van der Waals surface area (Å²) in [5.41, 5.74) is 1.43. The highest BCUT2D eigenvalue weighted by molar-refractivity contribution is 7.98. The van der Waals surface area contributed by atoms with E-state index in [0.717, 1.165) is 24.4 Å². The predicted octanol–water partition coefficient (Wildman–Crippen LogP) is 3.69. The second-order valence-corrected chi connectivity index (χ2v) is 6.31. The van der Waals surface area contributed by atoms with Crippen LogP contribution in [0.5, 0.6) is 0 Å². The Bertz CT molecular complexity index is 353. The summed E-state index contributed by atoms with van der Waals surface area (Å²) in [7, 11) is 0. The second-order valence-electron chi connectivity index (χ2n) is 5.43. The third-order valence-electron chi connectivity index (χ3n) is 3.96. The molecule has 0 aliphatic heterocycles. The van der Waals surface area contributed by atoms with Gasteiger partial charge in [-0.15, -0.1) is 11.8 Å². The molecule has 0 atom stereocenters. The van der Waals surface area contributed by atoms with Crippen molar-refractivity contribution in [2.24, 2.45) is 11.8 Å². The van der Waals surface area contributed by atoms with Crippen molar-refractivity contribution < 1.29 is 0 Å². The first-order valence-corrected chi connectivity index (χ1v) is 7.95. The molecular formula is C15H21NS. The van der Waals surface area contributed by atoms with Gasteiger partial charge in [-0.1, -0.05) is 12.1 Å². The third-order valence-corrected chi connectivity index (χ3v) is 4.70. The summed E-state index contributed by atoms with van der Waals surface area (Å²) in [6.45, 7) is 1.05. The summed E-state index contributed by atoms with van der Waals surface area (Å²) >= 11 is 1.81. The van der Waals surface area contributed by atoms with E-state index < -0.39 is 0 Å². The first kappa shape index (κ1) is 11.6. The van der Waals surface area contributed by atoms with E-state index in [1.54, 1.807) is 0 Å². The standard InChI is InChI=1S/C15H21NS/c1-17-14-8-2-11(3-9-14)10-16-15(12-4-5-12)13-6-7-13/h2-3,8-9,12-13,15-16H,4-7,10H2,1H3. The van der Waals surface area contributed by atoms with Gasteiger partial charge in [-0.2, -0.15) is 0 Å². The van der Waals surface area contributed by atoms with Crippen LogP contribution in [0, 0.1) is 11.8 Å². The molecule has 1 nitrogen and oxygen atoms in total. The van der Waals surface area contributed by atoms with Crippen LogP contribution in [0.2, 0.25) is 0 Å². The van der Waals surface area contributed by atoms with Gasteiger partial charge in [0, 0.05) is 17.5 Å². The van der Waals surface area contributed by atoms with Crippen molar-refractivity contribution >= 4 is 11.8 Å². The Morgan fingerprint density at radius 1 is 1.12 bits per heavy atom. The molecule has 0 amide bonds. The van der Waals surface area contributed by atoms with Crippen LogP contribution in [0.25, 0.3) is 0 Å². The fraction of sp³-hybridized carbons (Fsp3) is 0.600. The van der Waals surface area contributed by atoms with Gasteiger partial charge >= 0.3 is 0 Å². The predicted molar refractivity (Wildman–Crippen MR) is 74.3 cm³/mol. The lowest BCUT2D eigenvalue weighted by Crippen LogP contribution is -2.32. The fourth-order valence-corrected chi connectivity index (χ4v) is 3.02. The van der Waals surface area contributed by atoms with Gasteiger partial charge in [0.1, 0.15) is 0 Å². The lowest BCUT2D eigenvalue weighted by molar-refractivity contribution is 0.416. The molecule has 0 saturated heterocycles. The zero-order valence-corrected chi connectivity index (χ0v) is 11.3. The number of nitrogens with one attached hydrogen (secondary N) is 1. The maximum absolute atomic E-state index is 3.79. The summed E-state index contributed by atoms with van der Waals surface area (Å²) in [6.07, 6.45) is 7.96. The minimum Gasteiger partial charge on any atom is -0.309 e. The van der Waals surface area contributed by atoms with Crippen LogP contribution < -0.4 is 5.32 Å². The van der Waals surface area contributed by atoms with E-state index in [2.05, 4.69) is 35.8 Å². The molecule has 92 valence electrons. The topological polar surface area (TPSA) is 12.0 Å². The summed E-state index contributed by atoms with van der Waals surface area (Å²) in [5, 5.41) is 3.79. The molecule has 0 unspecified atom stereocenters. The molecule has 3 rings (SSSR count). The van der Waals surface area contributed by atoms with Crippen LogP contribution in [0.4, 0.5) is 0 Å². The monoisotopic (exact) mass is 247 g/mol. The Hall–Kier alpha value is -0.470. The van der Waals surface area contributed by atoms with Crippen molar-refractivity contribution in [2.45, 2.75) is 43.2 Å². The van der Waals surface area contributed by atoms with Gasteiger partial charge in [0.15, 0.2) is 0 Å². The van der Waals surface area contributed by atoms with Crippen molar-refractivity contribution in [3.05, 3.63) is 29.8 Å². The Morgan fingerprint density at radius 2 is 1.71 bits per heavy atom. The van der Waals surface area contributed by atoms with Gasteiger partial charge in [0.25, 0.3) is 0 Å². The lowest BCUT2D eigenvalue weighted by Gasteiger charge is -2.17. The highest BCUT2D eigenvalue weighted by Crippen LogP contribution is 2.44. The highest BCUT2D eigenvalue weighted by Gasteiger charge is 2.40. The molecule has 0 aromatic heterocycles. The van der Waals surface area contributed by atoms with Crippen LogP contribution in [-0.4, -0.2) is 12.3 Å². The van der Waals surface area contributed by atoms with Gasteiger partial charge in [-0.3, -0.25) is 0 Å². The molecule has 0 bridgehead atoms. The summed E-state index contributed by atoms with van der Waals surface area (Å²) < 4.78 is 0. The zero-order chi connectivity index (χ0) is 11.7. The summed E-state index contributed by atoms with van der Waals surface area (Å²) in [6, 6.07) is 9.79. The number of benzene rings is 1. The number of hydrogen-bond donors (Lipinski definition) is 1. The molecule has 1 aromatic rings. The van der Waals surface area contributed by atoms with Crippen molar-refractivity contribution in [3.8, 4) is 0 Å². The van der Waals surface area contributed by atoms with Crippen molar-refractivity contribution in [1.82, 2.24) is 5.32 Å². The summed E-state index contributed by atoms with van der Waals surface area (Å²) in [5.74, 6) is 1.99. The average Bonchev–Trinajstić information content (AvgIpc) is 3.24. The molecule has 2 fully saturated rings. The smallest absolute Gasteiger partial charge is 0.0208 e. The number of hydrogen-bond acceptors (Lipinski definition) is 2. The summed E-state index contributed by atoms with van der Waals surface area (Å²) in [4.78, 5) is 1.36. The molecule has 1 N–H and O–H groups in total. The van der Waals surface area contributed by atoms with Crippen molar-refractivity contribution in [3.63, 3.8) is 0 Å². The quantitative estimate of drug-likeness (QED) is 0.770. The van der Waals surface area contributed by atoms with Gasteiger partial charge in [-0.25, -0.2) is 0 Å². The maximum Gasteiger partial charge on any atom is 0.0208 e. The van der Waals surface area contributed by atoms with E-state index in [9.17, 15) is 0 Å². The normalized spacial score (nSPS) is 19.9. The Balaban J connectivity index is 1.54. The van der Waals surface area contributed by atoms with E-state index in [0.29, 0.717) is 0 Å². The molecule has 0 radical (unpaired) electrons. The Kier molecular flexibility index (Phi) is 3.44. The van der Waals surface area contributed by atoms with E-state index >= 15 is 0 Å². The van der Waals surface area contributed by atoms with E-state index in [1.807, 2.05) is 11.8 Å². The van der Waals surface area contributed by atoms with Crippen molar-refractivity contribution in [1.29, 1.82) is 0 Å².